The maximum atomic E-state index is 5.11. The van der Waals surface area contributed by atoms with E-state index in [9.17, 15) is 0 Å². The van der Waals surface area contributed by atoms with Crippen molar-refractivity contribution in [2.75, 3.05) is 0 Å². The summed E-state index contributed by atoms with van der Waals surface area (Å²) in [4.78, 5) is 15.6. The molecule has 0 radical (unpaired) electrons. The maximum Gasteiger partial charge on any atom is 0.244 e. The zero-order valence-electron chi connectivity index (χ0n) is 24.1. The Morgan fingerprint density at radius 1 is 0.773 bits per heavy atom. The highest BCUT2D eigenvalue weighted by molar-refractivity contribution is 7.22. The number of fused-ring (bicyclic) bond motifs is 5. The zero-order valence-corrected chi connectivity index (χ0v) is 24.9. The maximum absolute atomic E-state index is 5.11. The Bertz CT molecular complexity index is 2420. The Morgan fingerprint density at radius 2 is 1.66 bits per heavy atom. The quantitative estimate of drug-likeness (QED) is 0.115. The van der Waals surface area contributed by atoms with Gasteiger partial charge in [-0.25, -0.2) is 0 Å². The molecule has 0 atom stereocenters. The molecule has 4 heterocycles. The van der Waals surface area contributed by atoms with Gasteiger partial charge in [-0.05, 0) is 71.8 Å². The molecular weight excluding hydrogens is 557 g/mol. The molecule has 44 heavy (non-hydrogen) atoms. The second-order valence-corrected chi connectivity index (χ2v) is 11.8. The molecule has 0 saturated heterocycles. The van der Waals surface area contributed by atoms with Crippen LogP contribution in [-0.4, -0.2) is 16.2 Å². The molecule has 8 rings (SSSR count). The second kappa shape index (κ2) is 10.6. The van der Waals surface area contributed by atoms with Crippen LogP contribution in [0.15, 0.2) is 133 Å². The molecule has 0 aliphatic rings. The topological polar surface area (TPSA) is 42.0 Å². The number of pyridine rings is 3. The van der Waals surface area contributed by atoms with Crippen LogP contribution in [-0.2, 0) is 0 Å². The van der Waals surface area contributed by atoms with Crippen LogP contribution in [0.25, 0.3) is 76.1 Å². The summed E-state index contributed by atoms with van der Waals surface area (Å²) >= 11 is 1.77. The Kier molecular flexibility index (Phi) is 6.32. The molecule has 208 valence electrons. The number of hydrogen-bond donors (Lipinski definition) is 0. The number of benzene rings is 4. The van der Waals surface area contributed by atoms with Crippen LogP contribution < -0.4 is 4.57 Å². The average molecular weight is 584 g/mol. The molecule has 4 aromatic heterocycles. The van der Waals surface area contributed by atoms with Crippen molar-refractivity contribution in [3.63, 3.8) is 0 Å². The summed E-state index contributed by atoms with van der Waals surface area (Å²) in [6, 6.07) is 36.4. The van der Waals surface area contributed by atoms with Crippen molar-refractivity contribution in [3.8, 4) is 27.4 Å². The SMILES string of the molecule is C=Cc1ccc2ccc[n+](-c3cc4ccccc4c4ncc(-c5ccc6sc(-c7ccccn7)cc6c5)cc34)c2c1N=CC. The highest BCUT2D eigenvalue weighted by atomic mass is 32.1. The second-order valence-electron chi connectivity index (χ2n) is 10.7. The molecule has 4 nitrogen and oxygen atoms in total. The van der Waals surface area contributed by atoms with E-state index in [-0.39, 0.29) is 0 Å². The number of hydrogen-bond acceptors (Lipinski definition) is 4. The molecule has 0 aliphatic heterocycles. The third kappa shape index (κ3) is 4.29. The lowest BCUT2D eigenvalue weighted by molar-refractivity contribution is -0.565. The van der Waals surface area contributed by atoms with Crippen LogP contribution in [0.4, 0.5) is 5.69 Å². The van der Waals surface area contributed by atoms with Gasteiger partial charge in [0.15, 0.2) is 6.20 Å². The van der Waals surface area contributed by atoms with E-state index in [0.29, 0.717) is 0 Å². The summed E-state index contributed by atoms with van der Waals surface area (Å²) in [6.45, 7) is 6.01. The molecule has 0 aliphatic carbocycles. The summed E-state index contributed by atoms with van der Waals surface area (Å²) in [5.74, 6) is 0. The third-order valence-electron chi connectivity index (χ3n) is 8.14. The van der Waals surface area contributed by atoms with Crippen molar-refractivity contribution in [1.29, 1.82) is 0 Å². The first kappa shape index (κ1) is 26.1. The molecule has 0 bridgehead atoms. The van der Waals surface area contributed by atoms with Gasteiger partial charge in [0.2, 0.25) is 11.2 Å². The standard InChI is InChI=1S/C39H27N4S/c1-3-25-14-15-26-11-9-19-43(39(26)37(25)40-4-2)34-22-28-10-5-6-12-31(28)38-32(34)21-30(24-42-38)27-16-17-35-29(20-27)23-36(44-35)33-13-7-8-18-41-33/h3-24H,1H2,2H3/q+1. The van der Waals surface area contributed by atoms with Crippen LogP contribution >= 0.6 is 11.3 Å². The summed E-state index contributed by atoms with van der Waals surface area (Å²) in [7, 11) is 0. The molecule has 0 unspecified atom stereocenters. The van der Waals surface area contributed by atoms with Gasteiger partial charge < -0.3 is 0 Å². The number of aromatic nitrogens is 3. The fraction of sp³-hybridized carbons (Fsp3) is 0.0256. The molecule has 0 spiro atoms. The van der Waals surface area contributed by atoms with Gasteiger partial charge in [-0.2, -0.15) is 4.57 Å². The summed E-state index contributed by atoms with van der Waals surface area (Å²) < 4.78 is 3.50. The highest BCUT2D eigenvalue weighted by Gasteiger charge is 2.22. The van der Waals surface area contributed by atoms with Gasteiger partial charge in [0, 0.05) is 57.3 Å². The molecule has 8 aromatic rings. The smallest absolute Gasteiger partial charge is 0.244 e. The lowest BCUT2D eigenvalue weighted by Crippen LogP contribution is -2.31. The Hall–Kier alpha value is -5.52. The molecule has 5 heteroatoms. The van der Waals surface area contributed by atoms with E-state index in [4.69, 9.17) is 9.98 Å². The summed E-state index contributed by atoms with van der Waals surface area (Å²) in [5.41, 5.74) is 8.16. The number of nitrogens with zero attached hydrogens (tertiary/aromatic N) is 4. The predicted octanol–water partition coefficient (Wildman–Crippen LogP) is 10.1. The van der Waals surface area contributed by atoms with Crippen LogP contribution in [0.3, 0.4) is 0 Å². The van der Waals surface area contributed by atoms with Gasteiger partial charge in [-0.15, -0.1) is 11.3 Å². The Balaban J connectivity index is 1.38. The zero-order chi connectivity index (χ0) is 29.6. The van der Waals surface area contributed by atoms with Crippen molar-refractivity contribution < 1.29 is 4.57 Å². The Morgan fingerprint density at radius 3 is 2.52 bits per heavy atom. The monoisotopic (exact) mass is 583 g/mol. The van der Waals surface area contributed by atoms with Crippen LogP contribution in [0.2, 0.25) is 0 Å². The normalized spacial score (nSPS) is 11.8. The van der Waals surface area contributed by atoms with Gasteiger partial charge in [0.1, 0.15) is 5.69 Å². The van der Waals surface area contributed by atoms with Gasteiger partial charge in [0.05, 0.1) is 21.5 Å². The highest BCUT2D eigenvalue weighted by Crippen LogP contribution is 2.37. The first-order chi connectivity index (χ1) is 21.7. The van der Waals surface area contributed by atoms with Crippen LogP contribution in [0.5, 0.6) is 0 Å². The first-order valence-corrected chi connectivity index (χ1v) is 15.4. The van der Waals surface area contributed by atoms with E-state index >= 15 is 0 Å². The minimum atomic E-state index is 0.901. The van der Waals surface area contributed by atoms with Crippen LogP contribution in [0, 0.1) is 0 Å². The third-order valence-corrected chi connectivity index (χ3v) is 9.28. The minimum Gasteiger partial charge on any atom is -0.255 e. The van der Waals surface area contributed by atoms with Crippen LogP contribution in [0.1, 0.15) is 12.5 Å². The van der Waals surface area contributed by atoms with Crippen molar-refractivity contribution in [3.05, 3.63) is 134 Å². The van der Waals surface area contributed by atoms with Crippen molar-refractivity contribution in [2.24, 2.45) is 4.99 Å². The largest absolute Gasteiger partial charge is 0.255 e. The van der Waals surface area contributed by atoms with Crippen molar-refractivity contribution >= 4 is 72.0 Å². The summed E-state index contributed by atoms with van der Waals surface area (Å²) in [5, 5.41) is 5.66. The van der Waals surface area contributed by atoms with Crippen molar-refractivity contribution in [2.45, 2.75) is 6.92 Å². The van der Waals surface area contributed by atoms with E-state index in [1.165, 1.54) is 15.0 Å². The number of thiophene rings is 1. The van der Waals surface area contributed by atoms with Gasteiger partial charge >= 0.3 is 0 Å². The predicted molar refractivity (Wildman–Crippen MR) is 186 cm³/mol. The number of aliphatic imine (C=N–C) groups is 1. The molecule has 0 amide bonds. The fourth-order valence-electron chi connectivity index (χ4n) is 6.09. The van der Waals surface area contributed by atoms with E-state index < -0.39 is 0 Å². The average Bonchev–Trinajstić information content (AvgIpc) is 3.52. The lowest BCUT2D eigenvalue weighted by Gasteiger charge is -2.11. The molecule has 0 N–H and O–H groups in total. The number of rotatable bonds is 5. The van der Waals surface area contributed by atoms with Gasteiger partial charge in [-0.3, -0.25) is 15.0 Å². The molecule has 4 aromatic carbocycles. The molecule has 0 fully saturated rings. The minimum absolute atomic E-state index is 0.901. The van der Waals surface area contributed by atoms with Crippen molar-refractivity contribution in [1.82, 2.24) is 9.97 Å². The van der Waals surface area contributed by atoms with E-state index in [1.807, 2.05) is 43.7 Å². The lowest BCUT2D eigenvalue weighted by atomic mass is 9.99. The summed E-state index contributed by atoms with van der Waals surface area (Å²) in [6.07, 6.45) is 9.68. The Labute approximate surface area is 259 Å². The van der Waals surface area contributed by atoms with E-state index in [2.05, 4.69) is 113 Å². The van der Waals surface area contributed by atoms with E-state index in [0.717, 1.165) is 66.3 Å². The van der Waals surface area contributed by atoms with Gasteiger partial charge in [0.25, 0.3) is 0 Å². The molecular formula is C39H27N4S+. The first-order valence-electron chi connectivity index (χ1n) is 14.6. The van der Waals surface area contributed by atoms with Gasteiger partial charge in [-0.1, -0.05) is 55.1 Å². The van der Waals surface area contributed by atoms with E-state index in [1.54, 1.807) is 11.3 Å². The fourth-order valence-corrected chi connectivity index (χ4v) is 7.11. The molecule has 0 saturated carbocycles.